The largest absolute Gasteiger partial charge is 0.296 e. The van der Waals surface area contributed by atoms with E-state index in [0.717, 1.165) is 30.5 Å². The quantitative estimate of drug-likeness (QED) is 0.759. The van der Waals surface area contributed by atoms with Gasteiger partial charge in [-0.25, -0.2) is 0 Å². The molecule has 1 saturated heterocycles. The molecule has 0 radical (unpaired) electrons. The van der Waals surface area contributed by atoms with E-state index >= 15 is 0 Å². The number of carbonyl (C=O) groups is 1. The predicted molar refractivity (Wildman–Crippen MR) is 74.8 cm³/mol. The molecule has 0 spiro atoms. The third-order valence-electron chi connectivity index (χ3n) is 3.95. The van der Waals surface area contributed by atoms with Crippen LogP contribution >= 0.6 is 0 Å². The molecular formula is C16H23NO. The van der Waals surface area contributed by atoms with Gasteiger partial charge in [-0.2, -0.15) is 0 Å². The average Bonchev–Trinajstić information content (AvgIpc) is 2.40. The van der Waals surface area contributed by atoms with Gasteiger partial charge >= 0.3 is 0 Å². The van der Waals surface area contributed by atoms with Gasteiger partial charge in [-0.15, -0.1) is 0 Å². The molecule has 1 atom stereocenters. The van der Waals surface area contributed by atoms with Crippen LogP contribution in [0.2, 0.25) is 0 Å². The minimum atomic E-state index is 0.250. The molecule has 2 nitrogen and oxygen atoms in total. The van der Waals surface area contributed by atoms with E-state index in [-0.39, 0.29) is 5.78 Å². The standard InChI is InChI=1S/C16H23NO/c1-13(2)15-9-6-10-17(11-15)12-16(18)14-7-4-3-5-8-14/h3-5,7-8,13,15H,6,9-12H2,1-2H3/t15-/m1/s1. The number of rotatable bonds is 4. The number of hydrogen-bond donors (Lipinski definition) is 0. The summed E-state index contributed by atoms with van der Waals surface area (Å²) in [6, 6.07) is 9.63. The predicted octanol–water partition coefficient (Wildman–Crippen LogP) is 3.24. The molecule has 0 aromatic heterocycles. The lowest BCUT2D eigenvalue weighted by Gasteiger charge is -2.34. The van der Waals surface area contributed by atoms with Crippen LogP contribution < -0.4 is 0 Å². The smallest absolute Gasteiger partial charge is 0.176 e. The van der Waals surface area contributed by atoms with Crippen molar-refractivity contribution in [3.8, 4) is 0 Å². The lowest BCUT2D eigenvalue weighted by Crippen LogP contribution is -2.40. The second-order valence-electron chi connectivity index (χ2n) is 5.67. The Balaban J connectivity index is 1.91. The van der Waals surface area contributed by atoms with Crippen LogP contribution in [0.3, 0.4) is 0 Å². The number of piperidine rings is 1. The van der Waals surface area contributed by atoms with Crippen molar-refractivity contribution in [2.75, 3.05) is 19.6 Å². The molecule has 18 heavy (non-hydrogen) atoms. The van der Waals surface area contributed by atoms with Crippen molar-refractivity contribution in [3.05, 3.63) is 35.9 Å². The van der Waals surface area contributed by atoms with Crippen LogP contribution in [0.5, 0.6) is 0 Å². The Morgan fingerprint density at radius 2 is 2.06 bits per heavy atom. The van der Waals surface area contributed by atoms with Gasteiger partial charge in [0.25, 0.3) is 0 Å². The second kappa shape index (κ2) is 6.14. The normalized spacial score (nSPS) is 21.2. The van der Waals surface area contributed by atoms with E-state index in [1.54, 1.807) is 0 Å². The van der Waals surface area contributed by atoms with Crippen LogP contribution in [-0.4, -0.2) is 30.3 Å². The Labute approximate surface area is 110 Å². The van der Waals surface area contributed by atoms with Crippen LogP contribution in [0.1, 0.15) is 37.0 Å². The van der Waals surface area contributed by atoms with Crippen molar-refractivity contribution < 1.29 is 4.79 Å². The van der Waals surface area contributed by atoms with Crippen LogP contribution in [0.15, 0.2) is 30.3 Å². The number of likely N-dealkylation sites (tertiary alicyclic amines) is 1. The zero-order chi connectivity index (χ0) is 13.0. The van der Waals surface area contributed by atoms with Crippen molar-refractivity contribution >= 4 is 5.78 Å². The number of carbonyl (C=O) groups excluding carboxylic acids is 1. The van der Waals surface area contributed by atoms with Crippen LogP contribution in [0, 0.1) is 11.8 Å². The maximum absolute atomic E-state index is 12.1. The summed E-state index contributed by atoms with van der Waals surface area (Å²) in [5.41, 5.74) is 0.837. The van der Waals surface area contributed by atoms with Gasteiger partial charge in [0.05, 0.1) is 6.54 Å². The van der Waals surface area contributed by atoms with E-state index in [1.165, 1.54) is 12.8 Å². The summed E-state index contributed by atoms with van der Waals surface area (Å²) in [5.74, 6) is 1.72. The molecule has 98 valence electrons. The molecule has 0 saturated carbocycles. The van der Waals surface area contributed by atoms with E-state index in [0.29, 0.717) is 6.54 Å². The van der Waals surface area contributed by atoms with E-state index in [2.05, 4.69) is 18.7 Å². The molecule has 0 aliphatic carbocycles. The first-order valence-corrected chi connectivity index (χ1v) is 6.97. The molecule has 0 N–H and O–H groups in total. The summed E-state index contributed by atoms with van der Waals surface area (Å²) in [4.78, 5) is 14.5. The number of hydrogen-bond acceptors (Lipinski definition) is 2. The number of Topliss-reactive ketones (excluding diaryl/α,β-unsaturated/α-hetero) is 1. The molecule has 1 aliphatic rings. The lowest BCUT2D eigenvalue weighted by molar-refractivity contribution is 0.0860. The van der Waals surface area contributed by atoms with Gasteiger partial charge in [-0.05, 0) is 31.2 Å². The van der Waals surface area contributed by atoms with E-state index in [9.17, 15) is 4.79 Å². The van der Waals surface area contributed by atoms with Gasteiger partial charge < -0.3 is 0 Å². The maximum atomic E-state index is 12.1. The van der Waals surface area contributed by atoms with Gasteiger partial charge in [0.2, 0.25) is 0 Å². The third-order valence-corrected chi connectivity index (χ3v) is 3.95. The Kier molecular flexibility index (Phi) is 4.54. The van der Waals surface area contributed by atoms with Crippen molar-refractivity contribution in [1.29, 1.82) is 0 Å². The number of ketones is 1. The Morgan fingerprint density at radius 3 is 2.72 bits per heavy atom. The molecule has 1 fully saturated rings. The minimum absolute atomic E-state index is 0.250. The van der Waals surface area contributed by atoms with Crippen molar-refractivity contribution in [2.45, 2.75) is 26.7 Å². The van der Waals surface area contributed by atoms with E-state index < -0.39 is 0 Å². The number of benzene rings is 1. The molecule has 0 unspecified atom stereocenters. The van der Waals surface area contributed by atoms with Crippen molar-refractivity contribution in [2.24, 2.45) is 11.8 Å². The fourth-order valence-corrected chi connectivity index (χ4v) is 2.70. The molecule has 2 rings (SSSR count). The van der Waals surface area contributed by atoms with Gasteiger partial charge in [-0.3, -0.25) is 9.69 Å². The maximum Gasteiger partial charge on any atom is 0.176 e. The first-order valence-electron chi connectivity index (χ1n) is 6.97. The highest BCUT2D eigenvalue weighted by Crippen LogP contribution is 2.23. The van der Waals surface area contributed by atoms with Gasteiger partial charge in [0.15, 0.2) is 5.78 Å². The number of nitrogens with zero attached hydrogens (tertiary/aromatic N) is 1. The summed E-state index contributed by atoms with van der Waals surface area (Å²) in [6.07, 6.45) is 2.54. The molecule has 1 aliphatic heterocycles. The summed E-state index contributed by atoms with van der Waals surface area (Å²) in [6.45, 7) is 7.30. The first kappa shape index (κ1) is 13.3. The molecule has 0 amide bonds. The Morgan fingerprint density at radius 1 is 1.33 bits per heavy atom. The fraction of sp³-hybridized carbons (Fsp3) is 0.562. The molecule has 1 heterocycles. The zero-order valence-electron chi connectivity index (χ0n) is 11.4. The summed E-state index contributed by atoms with van der Waals surface area (Å²) >= 11 is 0. The van der Waals surface area contributed by atoms with Gasteiger partial charge in [-0.1, -0.05) is 44.2 Å². The van der Waals surface area contributed by atoms with Crippen LogP contribution in [0.25, 0.3) is 0 Å². The topological polar surface area (TPSA) is 20.3 Å². The summed E-state index contributed by atoms with van der Waals surface area (Å²) < 4.78 is 0. The van der Waals surface area contributed by atoms with Crippen LogP contribution in [0.4, 0.5) is 0 Å². The van der Waals surface area contributed by atoms with Crippen LogP contribution in [-0.2, 0) is 0 Å². The summed E-state index contributed by atoms with van der Waals surface area (Å²) in [5, 5.41) is 0. The molecule has 1 aromatic rings. The molecular weight excluding hydrogens is 222 g/mol. The lowest BCUT2D eigenvalue weighted by atomic mass is 9.88. The SMILES string of the molecule is CC(C)[C@@H]1CCCN(CC(=O)c2ccccc2)C1. The summed E-state index contributed by atoms with van der Waals surface area (Å²) in [7, 11) is 0. The minimum Gasteiger partial charge on any atom is -0.296 e. The molecule has 0 bridgehead atoms. The highest BCUT2D eigenvalue weighted by atomic mass is 16.1. The molecule has 1 aromatic carbocycles. The van der Waals surface area contributed by atoms with Gasteiger partial charge in [0.1, 0.15) is 0 Å². The van der Waals surface area contributed by atoms with E-state index in [4.69, 9.17) is 0 Å². The van der Waals surface area contributed by atoms with Crippen molar-refractivity contribution in [1.82, 2.24) is 4.90 Å². The second-order valence-corrected chi connectivity index (χ2v) is 5.67. The monoisotopic (exact) mass is 245 g/mol. The Hall–Kier alpha value is -1.15. The van der Waals surface area contributed by atoms with Gasteiger partial charge in [0, 0.05) is 12.1 Å². The first-order chi connectivity index (χ1) is 8.66. The highest BCUT2D eigenvalue weighted by Gasteiger charge is 2.23. The average molecular weight is 245 g/mol. The highest BCUT2D eigenvalue weighted by molar-refractivity contribution is 5.97. The fourth-order valence-electron chi connectivity index (χ4n) is 2.70. The van der Waals surface area contributed by atoms with E-state index in [1.807, 2.05) is 30.3 Å². The Bertz CT molecular complexity index is 385. The molecule has 2 heteroatoms. The van der Waals surface area contributed by atoms with Crippen molar-refractivity contribution in [3.63, 3.8) is 0 Å². The third kappa shape index (κ3) is 3.42. The zero-order valence-corrected chi connectivity index (χ0v) is 11.4.